The Morgan fingerprint density at radius 2 is 1.68 bits per heavy atom. The number of carbonyl (C=O) groups is 3. The van der Waals surface area contributed by atoms with Crippen LogP contribution in [0.5, 0.6) is 11.5 Å². The standard InChI is InChI=1S/C40H45F6N3O7S/c1-2-8-31-38(56-26-23-32(57-25-26)40(44,45)46,15-6-19-49(31)33(50)27-24-47-18-11-28(27)39(41,42)43)34(51)48-20-16-37(54,17-21-48)29-9-3-4-10-30(29)55-22-7-14-36(35(52)53)12-5-13-36/h3-4,9-11,18,23-25,31,54H,2,5-8,12-17,19-22H2,1H3,(H,52,53)/t31-,38+/m1/s1. The summed E-state index contributed by atoms with van der Waals surface area (Å²) in [4.78, 5) is 46.2. The number of carbonyl (C=O) groups excluding carboxylic acids is 2. The van der Waals surface area contributed by atoms with Gasteiger partial charge < -0.3 is 29.5 Å². The van der Waals surface area contributed by atoms with E-state index in [4.69, 9.17) is 9.47 Å². The number of aliphatic carboxylic acids is 1. The number of likely N-dealkylation sites (tertiary alicyclic amines) is 2. The third-order valence-electron chi connectivity index (χ3n) is 11.6. The van der Waals surface area contributed by atoms with Crippen molar-refractivity contribution in [2.45, 2.75) is 107 Å². The lowest BCUT2D eigenvalue weighted by atomic mass is 9.66. The Hall–Kier alpha value is -4.38. The van der Waals surface area contributed by atoms with Crippen molar-refractivity contribution in [1.82, 2.24) is 14.8 Å². The second kappa shape index (κ2) is 16.5. The van der Waals surface area contributed by atoms with Crippen LogP contribution in [0.15, 0.2) is 54.2 Å². The molecule has 4 heterocycles. The van der Waals surface area contributed by atoms with Gasteiger partial charge in [-0.2, -0.15) is 26.3 Å². The van der Waals surface area contributed by atoms with E-state index in [0.717, 1.165) is 35.2 Å². The highest BCUT2D eigenvalue weighted by Gasteiger charge is 2.56. The number of pyridine rings is 1. The van der Waals surface area contributed by atoms with Gasteiger partial charge in [0, 0.05) is 55.5 Å². The van der Waals surface area contributed by atoms with Crippen molar-refractivity contribution in [1.29, 1.82) is 0 Å². The highest BCUT2D eigenvalue weighted by molar-refractivity contribution is 7.10. The number of thiophene rings is 1. The Kier molecular flexibility index (Phi) is 12.2. The number of benzene rings is 1. The summed E-state index contributed by atoms with van der Waals surface area (Å²) in [5.41, 5.74) is -5.63. The van der Waals surface area contributed by atoms with E-state index < -0.39 is 68.8 Å². The fraction of sp³-hybridized carbons (Fsp3) is 0.550. The zero-order chi connectivity index (χ0) is 41.2. The van der Waals surface area contributed by atoms with Crippen LogP contribution in [0.3, 0.4) is 0 Å². The lowest BCUT2D eigenvalue weighted by Crippen LogP contribution is -2.68. The fourth-order valence-electron chi connectivity index (χ4n) is 8.46. The summed E-state index contributed by atoms with van der Waals surface area (Å²) in [6.45, 7) is 1.88. The van der Waals surface area contributed by atoms with Crippen LogP contribution in [0.1, 0.15) is 104 Å². The third kappa shape index (κ3) is 8.59. The highest BCUT2D eigenvalue weighted by Crippen LogP contribution is 2.46. The number of hydrogen-bond acceptors (Lipinski definition) is 8. The number of carboxylic acids is 1. The maximum absolute atomic E-state index is 15.0. The summed E-state index contributed by atoms with van der Waals surface area (Å²) < 4.78 is 95.8. The second-order valence-electron chi connectivity index (χ2n) is 15.2. The van der Waals surface area contributed by atoms with Crippen LogP contribution in [0.25, 0.3) is 0 Å². The summed E-state index contributed by atoms with van der Waals surface area (Å²) >= 11 is 0.366. The Balaban J connectivity index is 1.26. The SMILES string of the molecule is CCC[C@H]1N(C(=O)c2cnccc2C(F)(F)F)CCC[C@@]1(Oc1csc(C(F)(F)F)c1)C(=O)N1CCC(O)(c2ccccc2OCCCC2(C(=O)O)CCC2)CC1. The first-order valence-electron chi connectivity index (χ1n) is 19.1. The van der Waals surface area contributed by atoms with Crippen molar-refractivity contribution in [3.8, 4) is 11.5 Å². The number of aromatic nitrogens is 1. The normalized spacial score (nSPS) is 22.1. The number of carboxylic acid groups (broad SMARTS) is 1. The molecule has 2 N–H and O–H groups in total. The Morgan fingerprint density at radius 1 is 0.965 bits per heavy atom. The van der Waals surface area contributed by atoms with Crippen LogP contribution in [-0.2, 0) is 27.5 Å². The van der Waals surface area contributed by atoms with Crippen LogP contribution < -0.4 is 9.47 Å². The minimum absolute atomic E-state index is 0.0268. The predicted octanol–water partition coefficient (Wildman–Crippen LogP) is 8.33. The predicted molar refractivity (Wildman–Crippen MR) is 196 cm³/mol. The van der Waals surface area contributed by atoms with Gasteiger partial charge in [-0.05, 0) is 63.5 Å². The lowest BCUT2D eigenvalue weighted by Gasteiger charge is -2.51. The maximum atomic E-state index is 15.0. The van der Waals surface area contributed by atoms with Crippen molar-refractivity contribution in [2.24, 2.45) is 5.41 Å². The van der Waals surface area contributed by atoms with E-state index in [1.165, 1.54) is 4.90 Å². The summed E-state index contributed by atoms with van der Waals surface area (Å²) in [5.74, 6) is -2.36. The number of piperidine rings is 2. The Morgan fingerprint density at radius 3 is 2.30 bits per heavy atom. The lowest BCUT2D eigenvalue weighted by molar-refractivity contribution is -0.163. The van der Waals surface area contributed by atoms with Crippen molar-refractivity contribution >= 4 is 29.1 Å². The molecular formula is C40H45F6N3O7S. The summed E-state index contributed by atoms with van der Waals surface area (Å²) in [6.07, 6.45) is -4.28. The molecule has 2 saturated heterocycles. The van der Waals surface area contributed by atoms with Crippen molar-refractivity contribution in [2.75, 3.05) is 26.2 Å². The van der Waals surface area contributed by atoms with Gasteiger partial charge in [0.05, 0.1) is 34.8 Å². The molecule has 10 nitrogen and oxygen atoms in total. The van der Waals surface area contributed by atoms with Crippen molar-refractivity contribution in [3.05, 3.63) is 75.7 Å². The molecule has 0 unspecified atom stereocenters. The molecule has 310 valence electrons. The number of alkyl halides is 6. The molecule has 3 fully saturated rings. The zero-order valence-corrected chi connectivity index (χ0v) is 32.1. The largest absolute Gasteiger partial charge is 0.493 e. The van der Waals surface area contributed by atoms with E-state index in [0.29, 0.717) is 60.8 Å². The van der Waals surface area contributed by atoms with E-state index in [1.54, 1.807) is 31.2 Å². The van der Waals surface area contributed by atoms with Gasteiger partial charge in [-0.15, -0.1) is 11.3 Å². The van der Waals surface area contributed by atoms with E-state index in [2.05, 4.69) is 4.98 Å². The molecule has 1 saturated carbocycles. The molecule has 3 aromatic rings. The molecule has 2 aromatic heterocycles. The number of rotatable bonds is 13. The first-order chi connectivity index (χ1) is 26.9. The van der Waals surface area contributed by atoms with Gasteiger partial charge in [-0.25, -0.2) is 0 Å². The van der Waals surface area contributed by atoms with Gasteiger partial charge in [0.1, 0.15) is 16.4 Å². The Labute approximate surface area is 329 Å². The number of hydrogen-bond donors (Lipinski definition) is 2. The molecular weight excluding hydrogens is 781 g/mol. The van der Waals surface area contributed by atoms with E-state index in [-0.39, 0.29) is 64.1 Å². The molecule has 1 aliphatic carbocycles. The second-order valence-corrected chi connectivity index (χ2v) is 16.1. The average molecular weight is 826 g/mol. The van der Waals surface area contributed by atoms with Crippen LogP contribution in [0.4, 0.5) is 26.3 Å². The number of aliphatic hydroxyl groups is 1. The molecule has 0 radical (unpaired) electrons. The maximum Gasteiger partial charge on any atom is 0.425 e. The summed E-state index contributed by atoms with van der Waals surface area (Å²) in [6, 6.07) is 7.18. The molecule has 2 atom stereocenters. The van der Waals surface area contributed by atoms with E-state index in [9.17, 15) is 50.9 Å². The third-order valence-corrected chi connectivity index (χ3v) is 12.6. The van der Waals surface area contributed by atoms with Crippen LogP contribution in [0, 0.1) is 5.41 Å². The minimum Gasteiger partial charge on any atom is -0.493 e. The molecule has 17 heteroatoms. The minimum atomic E-state index is -4.90. The van der Waals surface area contributed by atoms with Crippen molar-refractivity contribution in [3.63, 3.8) is 0 Å². The molecule has 2 amide bonds. The topological polar surface area (TPSA) is 130 Å². The Bertz CT molecular complexity index is 1920. The fourth-order valence-corrected chi connectivity index (χ4v) is 9.14. The van der Waals surface area contributed by atoms with Crippen LogP contribution in [-0.4, -0.2) is 80.7 Å². The number of ether oxygens (including phenoxy) is 2. The molecule has 2 aliphatic heterocycles. The number of amides is 2. The molecule has 0 spiro atoms. The van der Waals surface area contributed by atoms with E-state index >= 15 is 0 Å². The van der Waals surface area contributed by atoms with Crippen LogP contribution in [0.2, 0.25) is 0 Å². The van der Waals surface area contributed by atoms with Gasteiger partial charge in [-0.1, -0.05) is 38.0 Å². The summed E-state index contributed by atoms with van der Waals surface area (Å²) in [7, 11) is 0. The van der Waals surface area contributed by atoms with Gasteiger partial charge in [0.15, 0.2) is 0 Å². The molecule has 6 rings (SSSR count). The smallest absolute Gasteiger partial charge is 0.425 e. The van der Waals surface area contributed by atoms with Crippen LogP contribution >= 0.6 is 11.3 Å². The first kappa shape index (κ1) is 42.2. The highest BCUT2D eigenvalue weighted by atomic mass is 32.1. The quantitative estimate of drug-likeness (QED) is 0.130. The van der Waals surface area contributed by atoms with Gasteiger partial charge >= 0.3 is 18.3 Å². The number of halogens is 6. The van der Waals surface area contributed by atoms with Gasteiger partial charge in [0.2, 0.25) is 5.60 Å². The van der Waals surface area contributed by atoms with Gasteiger partial charge in [0.25, 0.3) is 11.8 Å². The molecule has 0 bridgehead atoms. The average Bonchev–Trinajstić information content (AvgIpc) is 3.63. The van der Waals surface area contributed by atoms with Crippen molar-refractivity contribution < 1.29 is 60.4 Å². The summed E-state index contributed by atoms with van der Waals surface area (Å²) in [5, 5.41) is 22.8. The molecule has 1 aromatic carbocycles. The monoisotopic (exact) mass is 825 g/mol. The zero-order valence-electron chi connectivity index (χ0n) is 31.3. The van der Waals surface area contributed by atoms with E-state index in [1.807, 2.05) is 0 Å². The molecule has 3 aliphatic rings. The molecule has 57 heavy (non-hydrogen) atoms. The number of nitrogens with zero attached hydrogens (tertiary/aromatic N) is 3. The van der Waals surface area contributed by atoms with Gasteiger partial charge in [-0.3, -0.25) is 19.4 Å². The number of para-hydroxylation sites is 1. The first-order valence-corrected chi connectivity index (χ1v) is 20.0.